The minimum absolute atomic E-state index is 0.0159. The molecule has 9 heteroatoms. The van der Waals surface area contributed by atoms with E-state index in [0.717, 1.165) is 11.1 Å². The van der Waals surface area contributed by atoms with Gasteiger partial charge in [0.2, 0.25) is 10.0 Å². The van der Waals surface area contributed by atoms with Gasteiger partial charge in [-0.15, -0.1) is 0 Å². The second kappa shape index (κ2) is 10.8. The van der Waals surface area contributed by atoms with Crippen LogP contribution in [0.3, 0.4) is 0 Å². The molecule has 5 rings (SSSR count). The average molecular weight is 537 g/mol. The van der Waals surface area contributed by atoms with E-state index in [1.807, 2.05) is 36.4 Å². The van der Waals surface area contributed by atoms with Crippen LogP contribution in [0.25, 0.3) is 22.6 Å². The normalized spacial score (nSPS) is 15.4. The summed E-state index contributed by atoms with van der Waals surface area (Å²) < 4.78 is 49.2. The van der Waals surface area contributed by atoms with E-state index >= 15 is 0 Å². The first-order chi connectivity index (χ1) is 18.2. The molecule has 3 aromatic carbocycles. The Labute approximate surface area is 221 Å². The lowest BCUT2D eigenvalue weighted by Crippen LogP contribution is -2.33. The fraction of sp³-hybridized carbons (Fsp3) is 0.276. The number of nitrogens with two attached hydrogens (primary N) is 1. The van der Waals surface area contributed by atoms with Crippen LogP contribution in [0, 0.1) is 5.82 Å². The molecule has 0 bridgehead atoms. The van der Waals surface area contributed by atoms with Crippen LogP contribution >= 0.6 is 0 Å². The van der Waals surface area contributed by atoms with Crippen molar-refractivity contribution in [3.63, 3.8) is 0 Å². The van der Waals surface area contributed by atoms with Crippen LogP contribution in [0.1, 0.15) is 36.3 Å². The Hall–Kier alpha value is -3.37. The highest BCUT2D eigenvalue weighted by molar-refractivity contribution is 7.89. The maximum absolute atomic E-state index is 14.4. The summed E-state index contributed by atoms with van der Waals surface area (Å²) in [6.45, 7) is 0.896. The number of ether oxygens (including phenoxy) is 1. The van der Waals surface area contributed by atoms with Crippen LogP contribution in [0.15, 0.2) is 82.1 Å². The molecular formula is C29H29FN2O5S. The van der Waals surface area contributed by atoms with Gasteiger partial charge in [0, 0.05) is 43.6 Å². The minimum atomic E-state index is -3.81. The van der Waals surface area contributed by atoms with Crippen molar-refractivity contribution in [3.8, 4) is 22.6 Å². The van der Waals surface area contributed by atoms with E-state index in [1.165, 1.54) is 24.3 Å². The van der Waals surface area contributed by atoms with E-state index in [9.17, 15) is 17.9 Å². The van der Waals surface area contributed by atoms with Gasteiger partial charge in [-0.3, -0.25) is 0 Å². The van der Waals surface area contributed by atoms with Crippen molar-refractivity contribution in [2.75, 3.05) is 13.2 Å². The summed E-state index contributed by atoms with van der Waals surface area (Å²) in [5, 5.41) is 16.2. The number of hydrogen-bond acceptors (Lipinski definition) is 6. The number of rotatable bonds is 8. The third kappa shape index (κ3) is 5.86. The van der Waals surface area contributed by atoms with Crippen LogP contribution < -0.4 is 5.14 Å². The van der Waals surface area contributed by atoms with Crippen molar-refractivity contribution in [2.24, 2.45) is 5.14 Å². The third-order valence-corrected chi connectivity index (χ3v) is 7.76. The van der Waals surface area contributed by atoms with Crippen molar-refractivity contribution in [2.45, 2.75) is 42.6 Å². The summed E-state index contributed by atoms with van der Waals surface area (Å²) in [6.07, 6.45) is 2.63. The highest BCUT2D eigenvalue weighted by atomic mass is 32.2. The molecule has 7 nitrogen and oxygen atoms in total. The number of benzene rings is 3. The highest BCUT2D eigenvalue weighted by Crippen LogP contribution is 2.35. The molecule has 1 fully saturated rings. The van der Waals surface area contributed by atoms with Crippen molar-refractivity contribution < 1.29 is 27.1 Å². The van der Waals surface area contributed by atoms with Gasteiger partial charge in [-0.1, -0.05) is 36.4 Å². The second-order valence-electron chi connectivity index (χ2n) is 9.57. The number of aryl methyl sites for hydroxylation is 2. The van der Waals surface area contributed by atoms with Gasteiger partial charge < -0.3 is 14.3 Å². The van der Waals surface area contributed by atoms with E-state index in [1.54, 1.807) is 12.1 Å². The average Bonchev–Trinajstić information content (AvgIpc) is 3.33. The van der Waals surface area contributed by atoms with E-state index in [4.69, 9.17) is 19.3 Å². The Morgan fingerprint density at radius 1 is 0.947 bits per heavy atom. The Balaban J connectivity index is 1.36. The first kappa shape index (κ1) is 26.2. The van der Waals surface area contributed by atoms with Crippen molar-refractivity contribution in [3.05, 3.63) is 95.6 Å². The van der Waals surface area contributed by atoms with E-state index in [2.05, 4.69) is 0 Å². The fourth-order valence-corrected chi connectivity index (χ4v) is 5.28. The molecule has 0 radical (unpaired) electrons. The second-order valence-corrected chi connectivity index (χ2v) is 11.1. The number of halogens is 1. The Kier molecular flexibility index (Phi) is 7.45. The Morgan fingerprint density at radius 3 is 2.34 bits per heavy atom. The number of primary sulfonamides is 1. The van der Waals surface area contributed by atoms with Crippen LogP contribution in [0.4, 0.5) is 4.39 Å². The molecule has 4 aromatic rings. The molecule has 1 aliphatic rings. The standard InChI is InChI=1S/C29H29FN2O5S/c30-24-18-20(17-23(19-24)29(33)13-15-36-16-14-29)5-4-8-26-32-27(21-6-2-1-3-7-21)28(37-26)22-9-11-25(12-10-22)38(31,34)35/h1-3,6-7,9-12,17-19,33H,4-5,8,13-16H2,(H2,31,34,35). The lowest BCUT2D eigenvalue weighted by atomic mass is 9.85. The van der Waals surface area contributed by atoms with E-state index in [0.29, 0.717) is 73.8 Å². The molecule has 0 atom stereocenters. The summed E-state index contributed by atoms with van der Waals surface area (Å²) in [4.78, 5) is 4.76. The van der Waals surface area contributed by atoms with Crippen molar-refractivity contribution in [1.82, 2.24) is 4.98 Å². The summed E-state index contributed by atoms with van der Waals surface area (Å²) in [7, 11) is -3.81. The topological polar surface area (TPSA) is 116 Å². The molecule has 0 amide bonds. The number of nitrogens with zero attached hydrogens (tertiary/aromatic N) is 1. The zero-order chi connectivity index (χ0) is 26.8. The molecule has 1 saturated heterocycles. The fourth-order valence-electron chi connectivity index (χ4n) is 4.76. The van der Waals surface area contributed by atoms with Crippen LogP contribution in [0.2, 0.25) is 0 Å². The van der Waals surface area contributed by atoms with Crippen molar-refractivity contribution in [1.29, 1.82) is 0 Å². The van der Waals surface area contributed by atoms with E-state index < -0.39 is 15.6 Å². The van der Waals surface area contributed by atoms with Gasteiger partial charge in [0.05, 0.1) is 10.5 Å². The SMILES string of the molecule is NS(=O)(=O)c1ccc(-c2oc(CCCc3cc(F)cc(C4(O)CCOCC4)c3)nc2-c2ccccc2)cc1. The van der Waals surface area contributed by atoms with Gasteiger partial charge in [-0.2, -0.15) is 0 Å². The zero-order valence-corrected chi connectivity index (χ0v) is 21.6. The molecule has 0 saturated carbocycles. The Bertz CT molecular complexity index is 1510. The lowest BCUT2D eigenvalue weighted by molar-refractivity contribution is -0.0681. The quantitative estimate of drug-likeness (QED) is 0.329. The highest BCUT2D eigenvalue weighted by Gasteiger charge is 2.32. The Morgan fingerprint density at radius 2 is 1.66 bits per heavy atom. The van der Waals surface area contributed by atoms with Crippen LogP contribution in [-0.4, -0.2) is 31.7 Å². The lowest BCUT2D eigenvalue weighted by Gasteiger charge is -2.32. The van der Waals surface area contributed by atoms with Gasteiger partial charge in [-0.25, -0.2) is 22.9 Å². The largest absolute Gasteiger partial charge is 0.440 e. The van der Waals surface area contributed by atoms with Crippen LogP contribution in [-0.2, 0) is 33.2 Å². The van der Waals surface area contributed by atoms with Crippen molar-refractivity contribution >= 4 is 10.0 Å². The third-order valence-electron chi connectivity index (χ3n) is 6.83. The number of aliphatic hydroxyl groups is 1. The number of oxazole rings is 1. The maximum atomic E-state index is 14.4. The maximum Gasteiger partial charge on any atom is 0.238 e. The number of hydrogen-bond donors (Lipinski definition) is 2. The summed E-state index contributed by atoms with van der Waals surface area (Å²) in [6, 6.07) is 20.5. The van der Waals surface area contributed by atoms with Gasteiger partial charge in [0.25, 0.3) is 0 Å². The summed E-state index contributed by atoms with van der Waals surface area (Å²) in [5.74, 6) is 0.682. The predicted octanol–water partition coefficient (Wildman–Crippen LogP) is 4.97. The molecular weight excluding hydrogens is 507 g/mol. The first-order valence-corrected chi connectivity index (χ1v) is 14.0. The number of aromatic nitrogens is 1. The van der Waals surface area contributed by atoms with Gasteiger partial charge in [-0.05, 0) is 60.4 Å². The molecule has 1 aromatic heterocycles. The first-order valence-electron chi connectivity index (χ1n) is 12.5. The molecule has 2 heterocycles. The molecule has 38 heavy (non-hydrogen) atoms. The minimum Gasteiger partial charge on any atom is -0.440 e. The molecule has 3 N–H and O–H groups in total. The van der Waals surface area contributed by atoms with Crippen LogP contribution in [0.5, 0.6) is 0 Å². The molecule has 0 unspecified atom stereocenters. The molecule has 1 aliphatic heterocycles. The predicted molar refractivity (Wildman–Crippen MR) is 141 cm³/mol. The molecule has 198 valence electrons. The van der Waals surface area contributed by atoms with E-state index in [-0.39, 0.29) is 10.7 Å². The van der Waals surface area contributed by atoms with Gasteiger partial charge in [0.15, 0.2) is 11.7 Å². The zero-order valence-electron chi connectivity index (χ0n) is 20.8. The van der Waals surface area contributed by atoms with Gasteiger partial charge in [0.1, 0.15) is 11.5 Å². The summed E-state index contributed by atoms with van der Waals surface area (Å²) in [5.41, 5.74) is 2.51. The van der Waals surface area contributed by atoms with Gasteiger partial charge >= 0.3 is 0 Å². The molecule has 0 aliphatic carbocycles. The summed E-state index contributed by atoms with van der Waals surface area (Å²) >= 11 is 0. The monoisotopic (exact) mass is 536 g/mol. The smallest absolute Gasteiger partial charge is 0.238 e. The molecule has 0 spiro atoms. The number of sulfonamides is 1.